The first kappa shape index (κ1) is 17.8. The van der Waals surface area contributed by atoms with Crippen LogP contribution in [0.15, 0.2) is 60.7 Å². The molecule has 27 heavy (non-hydrogen) atoms. The summed E-state index contributed by atoms with van der Waals surface area (Å²) in [5, 5.41) is 4.44. The van der Waals surface area contributed by atoms with Crippen molar-refractivity contribution in [2.75, 3.05) is 13.1 Å². The van der Waals surface area contributed by atoms with Gasteiger partial charge in [0.05, 0.1) is 0 Å². The largest absolute Gasteiger partial charge is 0.352 e. The number of amides is 1. The van der Waals surface area contributed by atoms with Crippen molar-refractivity contribution >= 4 is 16.8 Å². The molecular weight excluding hydrogens is 334 g/mol. The summed E-state index contributed by atoms with van der Waals surface area (Å²) < 4.78 is 2.11. The number of rotatable bonds is 5. The van der Waals surface area contributed by atoms with E-state index in [1.807, 2.05) is 12.1 Å². The van der Waals surface area contributed by atoms with Gasteiger partial charge >= 0.3 is 0 Å². The number of aryl methyl sites for hydroxylation is 1. The lowest BCUT2D eigenvalue weighted by molar-refractivity contribution is -0.122. The molecule has 1 amide bonds. The maximum Gasteiger partial charge on any atom is 0.240 e. The van der Waals surface area contributed by atoms with Crippen molar-refractivity contribution in [2.24, 2.45) is 0 Å². The van der Waals surface area contributed by atoms with Gasteiger partial charge in [-0.25, -0.2) is 0 Å². The minimum Gasteiger partial charge on any atom is -0.352 e. The maximum absolute atomic E-state index is 12.6. The summed E-state index contributed by atoms with van der Waals surface area (Å²) >= 11 is 0. The molecule has 0 aliphatic carbocycles. The highest BCUT2D eigenvalue weighted by molar-refractivity contribution is 5.84. The van der Waals surface area contributed by atoms with Gasteiger partial charge in [-0.3, -0.25) is 9.69 Å². The van der Waals surface area contributed by atoms with Crippen LogP contribution in [0.4, 0.5) is 0 Å². The molecule has 4 nitrogen and oxygen atoms in total. The van der Waals surface area contributed by atoms with Crippen LogP contribution in [0.3, 0.4) is 0 Å². The smallest absolute Gasteiger partial charge is 0.240 e. The Labute approximate surface area is 160 Å². The Kier molecular flexibility index (Phi) is 5.26. The molecule has 1 N–H and O–H groups in total. The molecule has 1 aromatic heterocycles. The summed E-state index contributed by atoms with van der Waals surface area (Å²) in [6.45, 7) is 5.52. The van der Waals surface area contributed by atoms with Crippen molar-refractivity contribution in [3.05, 3.63) is 71.9 Å². The minimum absolute atomic E-state index is 0.112. The first-order valence-corrected chi connectivity index (χ1v) is 9.79. The van der Waals surface area contributed by atoms with Gasteiger partial charge in [-0.1, -0.05) is 48.5 Å². The van der Waals surface area contributed by atoms with Crippen LogP contribution in [-0.4, -0.2) is 34.5 Å². The van der Waals surface area contributed by atoms with E-state index in [-0.39, 0.29) is 11.9 Å². The van der Waals surface area contributed by atoms with Crippen LogP contribution in [0, 0.1) is 6.92 Å². The van der Waals surface area contributed by atoms with E-state index in [0.717, 1.165) is 43.7 Å². The molecule has 2 aromatic carbocycles. The van der Waals surface area contributed by atoms with Crippen LogP contribution >= 0.6 is 0 Å². The molecule has 1 fully saturated rings. The van der Waals surface area contributed by atoms with Gasteiger partial charge in [-0.2, -0.15) is 0 Å². The molecule has 4 rings (SSSR count). The first-order chi connectivity index (χ1) is 13.2. The van der Waals surface area contributed by atoms with Gasteiger partial charge in [-0.05, 0) is 42.8 Å². The molecule has 0 radical (unpaired) electrons. The van der Waals surface area contributed by atoms with Gasteiger partial charge in [0.1, 0.15) is 6.54 Å². The van der Waals surface area contributed by atoms with Gasteiger partial charge in [-0.15, -0.1) is 0 Å². The maximum atomic E-state index is 12.6. The fraction of sp³-hybridized carbons (Fsp3) is 0.348. The predicted molar refractivity (Wildman–Crippen MR) is 110 cm³/mol. The molecule has 0 atom stereocenters. The Hall–Kier alpha value is -2.59. The Morgan fingerprint density at radius 2 is 1.74 bits per heavy atom. The zero-order valence-electron chi connectivity index (χ0n) is 15.9. The van der Waals surface area contributed by atoms with Crippen molar-refractivity contribution < 1.29 is 4.79 Å². The number of hydrogen-bond donors (Lipinski definition) is 1. The van der Waals surface area contributed by atoms with Gasteiger partial charge in [0.2, 0.25) is 5.91 Å². The summed E-state index contributed by atoms with van der Waals surface area (Å²) in [7, 11) is 0. The zero-order chi connectivity index (χ0) is 18.6. The van der Waals surface area contributed by atoms with Crippen LogP contribution in [0.5, 0.6) is 0 Å². The molecule has 2 heterocycles. The number of hydrogen-bond acceptors (Lipinski definition) is 2. The molecule has 0 bridgehead atoms. The summed E-state index contributed by atoms with van der Waals surface area (Å²) in [5.41, 5.74) is 3.61. The van der Waals surface area contributed by atoms with Crippen molar-refractivity contribution in [3.63, 3.8) is 0 Å². The second-order valence-corrected chi connectivity index (χ2v) is 7.53. The lowest BCUT2D eigenvalue weighted by Crippen LogP contribution is -2.45. The van der Waals surface area contributed by atoms with E-state index < -0.39 is 0 Å². The van der Waals surface area contributed by atoms with Crippen LogP contribution < -0.4 is 5.32 Å². The van der Waals surface area contributed by atoms with Crippen molar-refractivity contribution in [1.82, 2.24) is 14.8 Å². The fourth-order valence-electron chi connectivity index (χ4n) is 4.05. The number of piperidine rings is 1. The Bertz CT molecular complexity index is 908. The summed E-state index contributed by atoms with van der Waals surface area (Å²) in [4.78, 5) is 15.1. The Balaban J connectivity index is 1.30. The SMILES string of the molecule is Cc1cc2ccccc2n1CC(=O)NC1CCN(Cc2ccccc2)CC1. The number of carbonyl (C=O) groups is 1. The van der Waals surface area contributed by atoms with Gasteiger partial charge in [0.15, 0.2) is 0 Å². The summed E-state index contributed by atoms with van der Waals surface area (Å²) in [5.74, 6) is 0.112. The molecular formula is C23H27N3O. The van der Waals surface area contributed by atoms with Gasteiger partial charge in [0, 0.05) is 36.9 Å². The number of nitrogens with zero attached hydrogens (tertiary/aromatic N) is 2. The topological polar surface area (TPSA) is 37.3 Å². The van der Waals surface area contributed by atoms with Crippen LogP contribution in [0.2, 0.25) is 0 Å². The van der Waals surface area contributed by atoms with Crippen LogP contribution in [0.1, 0.15) is 24.1 Å². The van der Waals surface area contributed by atoms with E-state index in [9.17, 15) is 4.79 Å². The highest BCUT2D eigenvalue weighted by Gasteiger charge is 2.21. The number of carbonyl (C=O) groups excluding carboxylic acids is 1. The third-order valence-electron chi connectivity index (χ3n) is 5.52. The normalized spacial score (nSPS) is 15.9. The monoisotopic (exact) mass is 361 g/mol. The standard InChI is InChI=1S/C23H27N3O/c1-18-15-20-9-5-6-10-22(20)26(18)17-23(27)24-21-11-13-25(14-12-21)16-19-7-3-2-4-8-19/h2-10,15,21H,11-14,16-17H2,1H3,(H,24,27). The second-order valence-electron chi connectivity index (χ2n) is 7.53. The molecule has 3 aromatic rings. The Morgan fingerprint density at radius 3 is 2.52 bits per heavy atom. The third kappa shape index (κ3) is 4.22. The van der Waals surface area contributed by atoms with E-state index >= 15 is 0 Å². The molecule has 0 saturated carbocycles. The van der Waals surface area contributed by atoms with E-state index in [4.69, 9.17) is 0 Å². The number of nitrogens with one attached hydrogen (secondary N) is 1. The zero-order valence-corrected chi connectivity index (χ0v) is 15.9. The highest BCUT2D eigenvalue weighted by atomic mass is 16.2. The van der Waals surface area contributed by atoms with Crippen molar-refractivity contribution in [1.29, 1.82) is 0 Å². The summed E-state index contributed by atoms with van der Waals surface area (Å²) in [6.07, 6.45) is 2.04. The Morgan fingerprint density at radius 1 is 1.04 bits per heavy atom. The molecule has 0 spiro atoms. The van der Waals surface area contributed by atoms with Crippen LogP contribution in [0.25, 0.3) is 10.9 Å². The van der Waals surface area contributed by atoms with E-state index in [1.165, 1.54) is 10.9 Å². The molecule has 1 aliphatic heterocycles. The molecule has 0 unspecified atom stereocenters. The molecule has 140 valence electrons. The lowest BCUT2D eigenvalue weighted by atomic mass is 10.0. The van der Waals surface area contributed by atoms with Gasteiger partial charge in [0.25, 0.3) is 0 Å². The number of para-hydroxylation sites is 1. The number of aromatic nitrogens is 1. The van der Waals surface area contributed by atoms with E-state index in [2.05, 4.69) is 70.2 Å². The summed E-state index contributed by atoms with van der Waals surface area (Å²) in [6, 6.07) is 21.3. The first-order valence-electron chi connectivity index (χ1n) is 9.79. The number of fused-ring (bicyclic) bond motifs is 1. The van der Waals surface area contributed by atoms with E-state index in [1.54, 1.807) is 0 Å². The average molecular weight is 361 g/mol. The van der Waals surface area contributed by atoms with E-state index in [0.29, 0.717) is 6.54 Å². The minimum atomic E-state index is 0.112. The number of likely N-dealkylation sites (tertiary alicyclic amines) is 1. The van der Waals surface area contributed by atoms with Crippen molar-refractivity contribution in [2.45, 2.75) is 38.9 Å². The van der Waals surface area contributed by atoms with Crippen molar-refractivity contribution in [3.8, 4) is 0 Å². The molecule has 4 heteroatoms. The van der Waals surface area contributed by atoms with Crippen LogP contribution in [-0.2, 0) is 17.9 Å². The molecule has 1 aliphatic rings. The lowest BCUT2D eigenvalue weighted by Gasteiger charge is -2.32. The number of benzene rings is 2. The third-order valence-corrected chi connectivity index (χ3v) is 5.52. The average Bonchev–Trinajstić information content (AvgIpc) is 2.99. The predicted octanol–water partition coefficient (Wildman–Crippen LogP) is 3.73. The molecule has 1 saturated heterocycles. The van der Waals surface area contributed by atoms with Gasteiger partial charge < -0.3 is 9.88 Å². The quantitative estimate of drug-likeness (QED) is 0.752. The highest BCUT2D eigenvalue weighted by Crippen LogP contribution is 2.19. The second kappa shape index (κ2) is 7.97. The fourth-order valence-corrected chi connectivity index (χ4v) is 4.05.